The number of imidazole rings is 1. The maximum absolute atomic E-state index is 12.2. The Morgan fingerprint density at radius 2 is 2.17 bits per heavy atom. The number of aromatic nitrogens is 6. The average Bonchev–Trinajstić information content (AvgIpc) is 3.26. The predicted octanol–water partition coefficient (Wildman–Crippen LogP) is 1.42. The van der Waals surface area contributed by atoms with E-state index in [2.05, 4.69) is 25.6 Å². The van der Waals surface area contributed by atoms with E-state index in [1.807, 2.05) is 42.3 Å². The van der Waals surface area contributed by atoms with Crippen molar-refractivity contribution in [1.29, 1.82) is 0 Å². The van der Waals surface area contributed by atoms with Crippen molar-refractivity contribution in [1.82, 2.24) is 34.8 Å². The molecular formula is C16H21N7O. The monoisotopic (exact) mass is 327 g/mol. The van der Waals surface area contributed by atoms with Gasteiger partial charge in [-0.2, -0.15) is 10.2 Å². The number of carbonyl (C=O) groups excluding carboxylic acids is 1. The molecular weight excluding hydrogens is 306 g/mol. The molecule has 0 atom stereocenters. The minimum absolute atomic E-state index is 0.225. The van der Waals surface area contributed by atoms with E-state index < -0.39 is 0 Å². The summed E-state index contributed by atoms with van der Waals surface area (Å²) in [6.45, 7) is 7.74. The van der Waals surface area contributed by atoms with E-state index >= 15 is 0 Å². The number of H-pyrrole nitrogens is 1. The number of carbonyl (C=O) groups is 1. The highest BCUT2D eigenvalue weighted by atomic mass is 16.1. The fourth-order valence-corrected chi connectivity index (χ4v) is 2.60. The van der Waals surface area contributed by atoms with Crippen LogP contribution < -0.4 is 5.32 Å². The minimum Gasteiger partial charge on any atom is -0.343 e. The Morgan fingerprint density at radius 3 is 2.88 bits per heavy atom. The zero-order valence-corrected chi connectivity index (χ0v) is 14.1. The summed E-state index contributed by atoms with van der Waals surface area (Å²) >= 11 is 0. The van der Waals surface area contributed by atoms with Gasteiger partial charge in [-0.25, -0.2) is 4.98 Å². The van der Waals surface area contributed by atoms with Gasteiger partial charge in [0.1, 0.15) is 11.5 Å². The van der Waals surface area contributed by atoms with Crippen molar-refractivity contribution in [3.8, 4) is 0 Å². The molecule has 0 aliphatic carbocycles. The third-order valence-electron chi connectivity index (χ3n) is 3.84. The number of nitrogens with one attached hydrogen (secondary N) is 2. The van der Waals surface area contributed by atoms with Gasteiger partial charge in [-0.1, -0.05) is 0 Å². The molecule has 3 aromatic heterocycles. The van der Waals surface area contributed by atoms with E-state index in [4.69, 9.17) is 0 Å². The molecule has 0 fully saturated rings. The number of nitrogens with zero attached hydrogens (tertiary/aromatic N) is 5. The smallest absolute Gasteiger partial charge is 0.272 e. The lowest BCUT2D eigenvalue weighted by Crippen LogP contribution is -2.25. The van der Waals surface area contributed by atoms with Gasteiger partial charge in [0.25, 0.3) is 5.91 Å². The Morgan fingerprint density at radius 1 is 1.33 bits per heavy atom. The molecule has 0 saturated carbocycles. The second-order valence-corrected chi connectivity index (χ2v) is 5.68. The third kappa shape index (κ3) is 3.37. The van der Waals surface area contributed by atoms with Gasteiger partial charge < -0.3 is 9.88 Å². The molecule has 3 rings (SSSR count). The largest absolute Gasteiger partial charge is 0.343 e. The van der Waals surface area contributed by atoms with Gasteiger partial charge in [-0.3, -0.25) is 14.6 Å². The number of aromatic amines is 1. The minimum atomic E-state index is -0.225. The zero-order chi connectivity index (χ0) is 17.1. The van der Waals surface area contributed by atoms with Crippen LogP contribution in [-0.2, 0) is 19.6 Å². The van der Waals surface area contributed by atoms with Gasteiger partial charge in [0, 0.05) is 24.6 Å². The van der Waals surface area contributed by atoms with Crippen molar-refractivity contribution < 1.29 is 4.79 Å². The van der Waals surface area contributed by atoms with Gasteiger partial charge >= 0.3 is 0 Å². The lowest BCUT2D eigenvalue weighted by molar-refractivity contribution is 0.0944. The summed E-state index contributed by atoms with van der Waals surface area (Å²) in [7, 11) is 0. The van der Waals surface area contributed by atoms with Gasteiger partial charge in [-0.15, -0.1) is 0 Å². The summed E-state index contributed by atoms with van der Waals surface area (Å²) in [6.07, 6.45) is 3.62. The summed E-state index contributed by atoms with van der Waals surface area (Å²) in [4.78, 5) is 16.5. The summed E-state index contributed by atoms with van der Waals surface area (Å²) in [5.41, 5.74) is 3.23. The Kier molecular flexibility index (Phi) is 4.45. The van der Waals surface area contributed by atoms with Crippen molar-refractivity contribution in [2.24, 2.45) is 0 Å². The van der Waals surface area contributed by atoms with Crippen LogP contribution in [0.2, 0.25) is 0 Å². The van der Waals surface area contributed by atoms with Gasteiger partial charge in [0.2, 0.25) is 0 Å². The molecule has 0 aliphatic heterocycles. The number of hydrogen-bond donors (Lipinski definition) is 2. The molecule has 0 spiro atoms. The normalized spacial score (nSPS) is 11.0. The first-order valence-corrected chi connectivity index (χ1v) is 7.90. The molecule has 24 heavy (non-hydrogen) atoms. The van der Waals surface area contributed by atoms with E-state index in [-0.39, 0.29) is 5.91 Å². The molecule has 8 nitrogen and oxygen atoms in total. The predicted molar refractivity (Wildman–Crippen MR) is 88.5 cm³/mol. The SMILES string of the molecule is CCn1ccnc1CNC(=O)c1cc(Cn2nc(C)cc2C)[nH]n1. The Bertz CT molecular complexity index is 842. The zero-order valence-electron chi connectivity index (χ0n) is 14.1. The van der Waals surface area contributed by atoms with Crippen molar-refractivity contribution in [3.05, 3.63) is 53.1 Å². The van der Waals surface area contributed by atoms with Gasteiger partial charge in [0.15, 0.2) is 0 Å². The van der Waals surface area contributed by atoms with Crippen molar-refractivity contribution in [2.45, 2.75) is 40.4 Å². The molecule has 0 aromatic carbocycles. The number of aryl methyl sites for hydroxylation is 3. The highest BCUT2D eigenvalue weighted by molar-refractivity contribution is 5.92. The summed E-state index contributed by atoms with van der Waals surface area (Å²) in [6, 6.07) is 3.76. The molecule has 3 heterocycles. The fourth-order valence-electron chi connectivity index (χ4n) is 2.60. The first-order chi connectivity index (χ1) is 11.6. The summed E-state index contributed by atoms with van der Waals surface area (Å²) in [5, 5.41) is 14.2. The highest BCUT2D eigenvalue weighted by Gasteiger charge is 2.12. The van der Waals surface area contributed by atoms with E-state index in [9.17, 15) is 4.79 Å². The van der Waals surface area contributed by atoms with Crippen LogP contribution in [0.15, 0.2) is 24.5 Å². The van der Waals surface area contributed by atoms with Crippen LogP contribution in [0.3, 0.4) is 0 Å². The molecule has 0 bridgehead atoms. The lowest BCUT2D eigenvalue weighted by Gasteiger charge is -2.05. The first kappa shape index (κ1) is 16.0. The molecule has 3 aromatic rings. The van der Waals surface area contributed by atoms with Crippen LogP contribution in [0.5, 0.6) is 0 Å². The molecule has 2 N–H and O–H groups in total. The molecule has 0 unspecified atom stereocenters. The molecule has 0 aliphatic rings. The maximum Gasteiger partial charge on any atom is 0.272 e. The van der Waals surface area contributed by atoms with Crippen LogP contribution >= 0.6 is 0 Å². The molecule has 0 saturated heterocycles. The van der Waals surface area contributed by atoms with E-state index in [1.54, 1.807) is 12.3 Å². The van der Waals surface area contributed by atoms with Crippen molar-refractivity contribution in [3.63, 3.8) is 0 Å². The number of rotatable bonds is 6. The van der Waals surface area contributed by atoms with Gasteiger partial charge in [0.05, 0.1) is 24.5 Å². The quantitative estimate of drug-likeness (QED) is 0.716. The first-order valence-electron chi connectivity index (χ1n) is 7.90. The maximum atomic E-state index is 12.2. The van der Waals surface area contributed by atoms with Crippen LogP contribution in [0.4, 0.5) is 0 Å². The Labute approximate surface area is 139 Å². The molecule has 1 amide bonds. The molecule has 126 valence electrons. The number of hydrogen-bond acceptors (Lipinski definition) is 4. The van der Waals surface area contributed by atoms with Crippen LogP contribution in [0, 0.1) is 13.8 Å². The number of amides is 1. The van der Waals surface area contributed by atoms with E-state index in [1.165, 1.54) is 0 Å². The standard InChI is InChI=1S/C16H21N7O/c1-4-22-6-5-17-15(22)9-18-16(24)14-8-13(19-20-14)10-23-12(3)7-11(2)21-23/h5-8H,4,9-10H2,1-3H3,(H,18,24)(H,19,20). The second-order valence-electron chi connectivity index (χ2n) is 5.68. The summed E-state index contributed by atoms with van der Waals surface area (Å²) < 4.78 is 3.86. The van der Waals surface area contributed by atoms with E-state index in [0.29, 0.717) is 18.8 Å². The van der Waals surface area contributed by atoms with Gasteiger partial charge in [-0.05, 0) is 32.9 Å². The average molecular weight is 327 g/mol. The fraction of sp³-hybridized carbons (Fsp3) is 0.375. The lowest BCUT2D eigenvalue weighted by atomic mass is 10.3. The van der Waals surface area contributed by atoms with Crippen LogP contribution in [0.25, 0.3) is 0 Å². The summed E-state index contributed by atoms with van der Waals surface area (Å²) in [5.74, 6) is 0.598. The van der Waals surface area contributed by atoms with E-state index in [0.717, 1.165) is 29.5 Å². The molecule has 8 heteroatoms. The molecule has 0 radical (unpaired) electrons. The Hall–Kier alpha value is -2.90. The topological polar surface area (TPSA) is 93.4 Å². The third-order valence-corrected chi connectivity index (χ3v) is 3.84. The highest BCUT2D eigenvalue weighted by Crippen LogP contribution is 2.07. The van der Waals surface area contributed by atoms with Crippen LogP contribution in [0.1, 0.15) is 40.3 Å². The Balaban J connectivity index is 1.62. The van der Waals surface area contributed by atoms with Crippen molar-refractivity contribution >= 4 is 5.91 Å². The van der Waals surface area contributed by atoms with Crippen molar-refractivity contribution in [2.75, 3.05) is 0 Å². The van der Waals surface area contributed by atoms with Crippen LogP contribution in [-0.4, -0.2) is 35.4 Å². The second kappa shape index (κ2) is 6.69.